The molecule has 0 saturated heterocycles. The Morgan fingerprint density at radius 3 is 1.87 bits per heavy atom. The summed E-state index contributed by atoms with van der Waals surface area (Å²) in [5.74, 6) is -3.83. The third-order valence-corrected chi connectivity index (χ3v) is 2.73. The van der Waals surface area contributed by atoms with Gasteiger partial charge in [0.15, 0.2) is 0 Å². The Balaban J connectivity index is 4.20. The molecule has 2 atom stereocenters. The monoisotopic (exact) mass is 332 g/mol. The van der Waals surface area contributed by atoms with E-state index in [0.29, 0.717) is 19.4 Å². The van der Waals surface area contributed by atoms with Gasteiger partial charge in [-0.3, -0.25) is 9.59 Å². The minimum Gasteiger partial charge on any atom is -0.392 e. The highest BCUT2D eigenvalue weighted by Gasteiger charge is 2.25. The number of carbonyl (C=O) groups excluding carboxylic acids is 4. The molecule has 0 aliphatic rings. The summed E-state index contributed by atoms with van der Waals surface area (Å²) in [7, 11) is 0. The molecular formula is C13H24N4O6. The van der Waals surface area contributed by atoms with E-state index in [1.807, 2.05) is 0 Å². The fourth-order valence-electron chi connectivity index (χ4n) is 1.43. The molecule has 0 radical (unpaired) electrons. The van der Waals surface area contributed by atoms with E-state index in [1.54, 1.807) is 0 Å². The van der Waals surface area contributed by atoms with Crippen molar-refractivity contribution in [2.75, 3.05) is 13.1 Å². The molecule has 0 aliphatic heterocycles. The third kappa shape index (κ3) is 9.68. The molecule has 0 aromatic rings. The highest BCUT2D eigenvalue weighted by atomic mass is 16.6. The summed E-state index contributed by atoms with van der Waals surface area (Å²) in [5.41, 5.74) is 21.4. The minimum absolute atomic E-state index is 0.0338. The van der Waals surface area contributed by atoms with Crippen molar-refractivity contribution in [2.24, 2.45) is 22.9 Å². The van der Waals surface area contributed by atoms with Crippen molar-refractivity contribution in [3.63, 3.8) is 0 Å². The van der Waals surface area contributed by atoms with Gasteiger partial charge in [-0.15, -0.1) is 0 Å². The Morgan fingerprint density at radius 2 is 1.30 bits per heavy atom. The topological polar surface area (TPSA) is 191 Å². The van der Waals surface area contributed by atoms with E-state index in [9.17, 15) is 19.2 Å². The summed E-state index contributed by atoms with van der Waals surface area (Å²) < 4.78 is 8.90. The van der Waals surface area contributed by atoms with Crippen LogP contribution in [0.4, 0.5) is 0 Å². The second-order valence-corrected chi connectivity index (χ2v) is 4.83. The van der Waals surface area contributed by atoms with Crippen LogP contribution in [0.3, 0.4) is 0 Å². The van der Waals surface area contributed by atoms with Gasteiger partial charge in [0, 0.05) is 6.42 Å². The molecule has 0 bridgehead atoms. The predicted octanol–water partition coefficient (Wildman–Crippen LogP) is -2.35. The van der Waals surface area contributed by atoms with Crippen LogP contribution < -0.4 is 22.9 Å². The van der Waals surface area contributed by atoms with Crippen molar-refractivity contribution >= 4 is 23.9 Å². The summed E-state index contributed by atoms with van der Waals surface area (Å²) in [6.07, 6.45) is 0.485. The molecule has 0 spiro atoms. The van der Waals surface area contributed by atoms with E-state index < -0.39 is 42.4 Å². The highest BCUT2D eigenvalue weighted by Crippen LogP contribution is 2.01. The lowest BCUT2D eigenvalue weighted by Gasteiger charge is -2.12. The first-order chi connectivity index (χ1) is 10.8. The lowest BCUT2D eigenvalue weighted by molar-refractivity contribution is -0.166. The van der Waals surface area contributed by atoms with Crippen molar-refractivity contribution in [2.45, 2.75) is 44.2 Å². The van der Waals surface area contributed by atoms with Crippen molar-refractivity contribution < 1.29 is 28.7 Å². The molecule has 0 aromatic carbocycles. The van der Waals surface area contributed by atoms with Crippen LogP contribution in [-0.2, 0) is 28.7 Å². The molecular weight excluding hydrogens is 308 g/mol. The number of ether oxygens (including phenoxy) is 2. The maximum atomic E-state index is 11.5. The second-order valence-electron chi connectivity index (χ2n) is 4.83. The van der Waals surface area contributed by atoms with Gasteiger partial charge in [-0.1, -0.05) is 0 Å². The summed E-state index contributed by atoms with van der Waals surface area (Å²) in [5, 5.41) is 0. The first-order valence-corrected chi connectivity index (χ1v) is 7.22. The van der Waals surface area contributed by atoms with Gasteiger partial charge in [0.1, 0.15) is 12.1 Å². The van der Waals surface area contributed by atoms with Crippen LogP contribution in [0.15, 0.2) is 0 Å². The number of hydrogen-bond acceptors (Lipinski definition) is 10. The van der Waals surface area contributed by atoms with Gasteiger partial charge in [-0.2, -0.15) is 0 Å². The minimum atomic E-state index is -1.42. The molecule has 23 heavy (non-hydrogen) atoms. The molecule has 0 heterocycles. The summed E-state index contributed by atoms with van der Waals surface area (Å²) in [4.78, 5) is 45.7. The van der Waals surface area contributed by atoms with Crippen LogP contribution in [0.25, 0.3) is 0 Å². The smallest absolute Gasteiger partial charge is 0.331 e. The van der Waals surface area contributed by atoms with E-state index >= 15 is 0 Å². The zero-order chi connectivity index (χ0) is 17.8. The summed E-state index contributed by atoms with van der Waals surface area (Å²) in [6, 6.07) is -2.40. The number of rotatable bonds is 10. The lowest BCUT2D eigenvalue weighted by Crippen LogP contribution is -2.39. The van der Waals surface area contributed by atoms with Crippen LogP contribution in [0, 0.1) is 0 Å². The molecule has 0 aliphatic carbocycles. The molecule has 1 unspecified atom stereocenters. The molecule has 132 valence electrons. The van der Waals surface area contributed by atoms with Crippen molar-refractivity contribution in [1.82, 2.24) is 0 Å². The second kappa shape index (κ2) is 11.7. The average molecular weight is 332 g/mol. The van der Waals surface area contributed by atoms with Crippen LogP contribution in [0.2, 0.25) is 0 Å². The fourth-order valence-corrected chi connectivity index (χ4v) is 1.43. The third-order valence-electron chi connectivity index (χ3n) is 2.73. The van der Waals surface area contributed by atoms with E-state index in [-0.39, 0.29) is 19.4 Å². The first kappa shape index (κ1) is 21.1. The number of nitrogens with two attached hydrogens (primary N) is 4. The van der Waals surface area contributed by atoms with Crippen molar-refractivity contribution in [1.29, 1.82) is 0 Å². The molecule has 0 saturated carbocycles. The molecule has 8 N–H and O–H groups in total. The molecule has 0 fully saturated rings. The largest absolute Gasteiger partial charge is 0.392 e. The highest BCUT2D eigenvalue weighted by molar-refractivity contribution is 5.93. The molecule has 0 aromatic heterocycles. The predicted molar refractivity (Wildman–Crippen MR) is 79.3 cm³/mol. The Kier molecular flexibility index (Phi) is 10.7. The van der Waals surface area contributed by atoms with Crippen LogP contribution in [-0.4, -0.2) is 49.1 Å². The summed E-state index contributed by atoms with van der Waals surface area (Å²) >= 11 is 0. The number of carbonyl (C=O) groups is 4. The molecule has 10 nitrogen and oxygen atoms in total. The Morgan fingerprint density at radius 1 is 0.783 bits per heavy atom. The standard InChI is InChI=1S/C13H24N4O6/c14-5-1-3-8(16)12(20)23-11(19)7-9(17)13(21)22-10(18)4-2-6-15/h8-9H,1-7,14-17H2/t8?,9-/m0/s1. The zero-order valence-electron chi connectivity index (χ0n) is 12.9. The van der Waals surface area contributed by atoms with E-state index in [4.69, 9.17) is 22.9 Å². The van der Waals surface area contributed by atoms with Crippen LogP contribution in [0.1, 0.15) is 32.1 Å². The van der Waals surface area contributed by atoms with E-state index in [0.717, 1.165) is 0 Å². The normalized spacial score (nSPS) is 13.0. The van der Waals surface area contributed by atoms with Crippen LogP contribution >= 0.6 is 0 Å². The van der Waals surface area contributed by atoms with E-state index in [2.05, 4.69) is 9.47 Å². The lowest BCUT2D eigenvalue weighted by atomic mass is 10.2. The van der Waals surface area contributed by atoms with Gasteiger partial charge in [0.2, 0.25) is 0 Å². The number of esters is 4. The van der Waals surface area contributed by atoms with Gasteiger partial charge < -0.3 is 32.4 Å². The molecule has 0 rings (SSSR count). The number of hydrogen-bond donors (Lipinski definition) is 4. The quantitative estimate of drug-likeness (QED) is 0.249. The van der Waals surface area contributed by atoms with Gasteiger partial charge in [0.25, 0.3) is 0 Å². The SMILES string of the molecule is NCCCC(=O)OC(=O)[C@@H](N)CC(=O)OC(=O)C(N)CCCN. The average Bonchev–Trinajstić information content (AvgIpc) is 2.49. The van der Waals surface area contributed by atoms with Gasteiger partial charge in [-0.25, -0.2) is 9.59 Å². The Labute approximate surface area is 133 Å². The molecule has 0 amide bonds. The maximum absolute atomic E-state index is 11.5. The van der Waals surface area contributed by atoms with Gasteiger partial charge >= 0.3 is 23.9 Å². The van der Waals surface area contributed by atoms with Crippen molar-refractivity contribution in [3.8, 4) is 0 Å². The zero-order valence-corrected chi connectivity index (χ0v) is 12.9. The van der Waals surface area contributed by atoms with Gasteiger partial charge in [-0.05, 0) is 32.4 Å². The Hall–Kier alpha value is -1.88. The molecule has 10 heteroatoms. The Bertz CT molecular complexity index is 429. The fraction of sp³-hybridized carbons (Fsp3) is 0.692. The van der Waals surface area contributed by atoms with Crippen molar-refractivity contribution in [3.05, 3.63) is 0 Å². The first-order valence-electron chi connectivity index (χ1n) is 7.22. The summed E-state index contributed by atoms with van der Waals surface area (Å²) in [6.45, 7) is 0.623. The van der Waals surface area contributed by atoms with Crippen LogP contribution in [0.5, 0.6) is 0 Å². The van der Waals surface area contributed by atoms with Gasteiger partial charge in [0.05, 0.1) is 6.42 Å². The van der Waals surface area contributed by atoms with E-state index in [1.165, 1.54) is 0 Å². The maximum Gasteiger partial charge on any atom is 0.331 e.